The number of benzene rings is 1. The van der Waals surface area contributed by atoms with E-state index in [4.69, 9.17) is 16.3 Å². The van der Waals surface area contributed by atoms with Crippen LogP contribution in [0.15, 0.2) is 54.9 Å². The quantitative estimate of drug-likeness (QED) is 0.634. The highest BCUT2D eigenvalue weighted by Crippen LogP contribution is 2.00. The molecule has 0 aliphatic carbocycles. The number of aromatic nitrogens is 1. The first-order valence-corrected chi connectivity index (χ1v) is 6.48. The van der Waals surface area contributed by atoms with Gasteiger partial charge in [-0.3, -0.25) is 4.98 Å². The van der Waals surface area contributed by atoms with Gasteiger partial charge in [-0.2, -0.15) is 0 Å². The number of carbonyl (C=O) groups is 1. The summed E-state index contributed by atoms with van der Waals surface area (Å²) >= 11 is 5.53. The summed E-state index contributed by atoms with van der Waals surface area (Å²) in [6.07, 6.45) is 3.10. The fourth-order valence-corrected chi connectivity index (χ4v) is 1.44. The van der Waals surface area contributed by atoms with E-state index in [2.05, 4.69) is 4.98 Å². The third-order valence-electron chi connectivity index (χ3n) is 2.17. The molecule has 0 saturated heterocycles. The summed E-state index contributed by atoms with van der Waals surface area (Å²) in [7, 11) is 0. The van der Waals surface area contributed by atoms with E-state index in [-0.39, 0.29) is 5.97 Å². The molecule has 0 spiro atoms. The fraction of sp³-hybridized carbons (Fsp3) is 0.200. The van der Waals surface area contributed by atoms with Crippen LogP contribution >= 0.6 is 11.6 Å². The number of pyridine rings is 1. The van der Waals surface area contributed by atoms with Crippen LogP contribution in [0.1, 0.15) is 22.8 Å². The van der Waals surface area contributed by atoms with Gasteiger partial charge in [0, 0.05) is 18.3 Å². The van der Waals surface area contributed by atoms with Crippen LogP contribution in [0.25, 0.3) is 0 Å². The van der Waals surface area contributed by atoms with Gasteiger partial charge in [0.15, 0.2) is 0 Å². The Balaban J connectivity index is 0.000000200. The van der Waals surface area contributed by atoms with Crippen LogP contribution < -0.4 is 0 Å². The smallest absolute Gasteiger partial charge is 0.339 e. The van der Waals surface area contributed by atoms with E-state index in [1.54, 1.807) is 25.3 Å². The molecular weight excluding hydrogens is 262 g/mol. The molecule has 3 nitrogen and oxygen atoms in total. The maximum atomic E-state index is 11.0. The summed E-state index contributed by atoms with van der Waals surface area (Å²) in [5.41, 5.74) is 1.67. The van der Waals surface area contributed by atoms with E-state index in [1.807, 2.05) is 30.3 Å². The lowest BCUT2D eigenvalue weighted by molar-refractivity contribution is 0.0526. The number of rotatable bonds is 3. The molecule has 100 valence electrons. The zero-order valence-electron chi connectivity index (χ0n) is 10.8. The highest BCUT2D eigenvalue weighted by atomic mass is 35.5. The van der Waals surface area contributed by atoms with E-state index >= 15 is 0 Å². The molecule has 0 N–H and O–H groups in total. The van der Waals surface area contributed by atoms with Crippen LogP contribution in [0.3, 0.4) is 0 Å². The largest absolute Gasteiger partial charge is 0.462 e. The van der Waals surface area contributed by atoms with Crippen molar-refractivity contribution >= 4 is 17.6 Å². The number of alkyl halides is 1. The van der Waals surface area contributed by atoms with Gasteiger partial charge in [-0.25, -0.2) is 4.79 Å². The van der Waals surface area contributed by atoms with Gasteiger partial charge in [-0.1, -0.05) is 30.3 Å². The van der Waals surface area contributed by atoms with Gasteiger partial charge in [0.2, 0.25) is 0 Å². The zero-order valence-corrected chi connectivity index (χ0v) is 11.5. The molecule has 0 fully saturated rings. The Morgan fingerprint density at radius 2 is 1.95 bits per heavy atom. The van der Waals surface area contributed by atoms with Crippen LogP contribution in [-0.4, -0.2) is 17.6 Å². The minimum atomic E-state index is -0.319. The Bertz CT molecular complexity index is 474. The monoisotopic (exact) mass is 277 g/mol. The summed E-state index contributed by atoms with van der Waals surface area (Å²) in [5.74, 6) is 0.293. The van der Waals surface area contributed by atoms with Crippen molar-refractivity contribution in [1.29, 1.82) is 0 Å². The summed E-state index contributed by atoms with van der Waals surface area (Å²) < 4.78 is 4.75. The van der Waals surface area contributed by atoms with Crippen molar-refractivity contribution in [2.45, 2.75) is 12.8 Å². The lowest BCUT2D eigenvalue weighted by Gasteiger charge is -1.98. The van der Waals surface area contributed by atoms with E-state index < -0.39 is 0 Å². The zero-order chi connectivity index (χ0) is 13.9. The van der Waals surface area contributed by atoms with Crippen LogP contribution in [0.4, 0.5) is 0 Å². The lowest BCUT2D eigenvalue weighted by atomic mass is 10.2. The van der Waals surface area contributed by atoms with Crippen molar-refractivity contribution in [2.75, 3.05) is 6.61 Å². The van der Waals surface area contributed by atoms with Gasteiger partial charge in [-0.15, -0.1) is 11.6 Å². The number of hydrogen-bond acceptors (Lipinski definition) is 3. The van der Waals surface area contributed by atoms with E-state index in [9.17, 15) is 4.79 Å². The molecule has 0 atom stereocenters. The Morgan fingerprint density at radius 1 is 1.21 bits per heavy atom. The van der Waals surface area contributed by atoms with Gasteiger partial charge in [0.25, 0.3) is 0 Å². The number of nitrogens with zero attached hydrogens (tertiary/aromatic N) is 1. The second-order valence-corrected chi connectivity index (χ2v) is 3.85. The molecule has 4 heteroatoms. The Labute approximate surface area is 118 Å². The van der Waals surface area contributed by atoms with E-state index in [0.717, 1.165) is 0 Å². The lowest BCUT2D eigenvalue weighted by Crippen LogP contribution is -2.04. The first-order valence-electron chi connectivity index (χ1n) is 5.95. The summed E-state index contributed by atoms with van der Waals surface area (Å²) in [4.78, 5) is 14.8. The van der Waals surface area contributed by atoms with Crippen LogP contribution in [0, 0.1) is 0 Å². The normalized spacial score (nSPS) is 9.16. The fourth-order valence-electron chi connectivity index (χ4n) is 1.27. The van der Waals surface area contributed by atoms with Crippen molar-refractivity contribution in [1.82, 2.24) is 4.98 Å². The molecule has 2 rings (SSSR count). The van der Waals surface area contributed by atoms with Crippen LogP contribution in [0.2, 0.25) is 0 Å². The van der Waals surface area contributed by atoms with Crippen LogP contribution in [0.5, 0.6) is 0 Å². The SMILES string of the molecule is CCOC(=O)c1cccnc1.ClCc1ccccc1. The minimum Gasteiger partial charge on any atom is -0.462 e. The summed E-state index contributed by atoms with van der Waals surface area (Å²) in [5, 5.41) is 0. The molecule has 0 aliphatic rings. The van der Waals surface area contributed by atoms with Gasteiger partial charge >= 0.3 is 5.97 Å². The maximum absolute atomic E-state index is 11.0. The second-order valence-electron chi connectivity index (χ2n) is 3.58. The molecule has 0 saturated carbocycles. The first-order chi connectivity index (χ1) is 9.27. The number of hydrogen-bond donors (Lipinski definition) is 0. The molecule has 0 unspecified atom stereocenters. The predicted octanol–water partition coefficient (Wildman–Crippen LogP) is 3.68. The minimum absolute atomic E-state index is 0.319. The first kappa shape index (κ1) is 15.2. The van der Waals surface area contributed by atoms with Crippen LogP contribution in [-0.2, 0) is 10.6 Å². The molecule has 1 heterocycles. The van der Waals surface area contributed by atoms with Gasteiger partial charge < -0.3 is 4.74 Å². The number of esters is 1. The Morgan fingerprint density at radius 3 is 2.42 bits per heavy atom. The maximum Gasteiger partial charge on any atom is 0.339 e. The molecule has 0 amide bonds. The van der Waals surface area contributed by atoms with Crippen molar-refractivity contribution in [3.05, 3.63) is 66.0 Å². The van der Waals surface area contributed by atoms with Crippen molar-refractivity contribution < 1.29 is 9.53 Å². The molecular formula is C15H16ClNO2. The van der Waals surface area contributed by atoms with Crippen molar-refractivity contribution in [2.24, 2.45) is 0 Å². The number of halogens is 1. The van der Waals surface area contributed by atoms with Gasteiger partial charge in [-0.05, 0) is 24.6 Å². The van der Waals surface area contributed by atoms with Gasteiger partial charge in [0.05, 0.1) is 12.2 Å². The molecule has 1 aromatic carbocycles. The average molecular weight is 278 g/mol. The number of ether oxygens (including phenoxy) is 1. The Hall–Kier alpha value is -1.87. The number of carbonyl (C=O) groups excluding carboxylic acids is 1. The average Bonchev–Trinajstić information content (AvgIpc) is 2.50. The molecule has 0 aliphatic heterocycles. The predicted molar refractivity (Wildman–Crippen MR) is 76.2 cm³/mol. The van der Waals surface area contributed by atoms with E-state index in [1.165, 1.54) is 11.8 Å². The third kappa shape index (κ3) is 6.02. The van der Waals surface area contributed by atoms with Crippen molar-refractivity contribution in [3.8, 4) is 0 Å². The summed E-state index contributed by atoms with van der Waals surface area (Å²) in [6, 6.07) is 13.3. The molecule has 0 radical (unpaired) electrons. The summed E-state index contributed by atoms with van der Waals surface area (Å²) in [6.45, 7) is 2.17. The molecule has 2 aromatic rings. The topological polar surface area (TPSA) is 39.2 Å². The third-order valence-corrected chi connectivity index (χ3v) is 2.48. The highest BCUT2D eigenvalue weighted by molar-refractivity contribution is 6.17. The molecule has 1 aromatic heterocycles. The van der Waals surface area contributed by atoms with E-state index in [0.29, 0.717) is 18.1 Å². The molecule has 19 heavy (non-hydrogen) atoms. The molecule has 0 bridgehead atoms. The standard InChI is InChI=1S/C8H9NO2.C7H7Cl/c1-2-11-8(10)7-4-3-5-9-6-7;8-6-7-4-2-1-3-5-7/h3-6H,2H2,1H3;1-5H,6H2. The Kier molecular flexibility index (Phi) is 7.28. The van der Waals surface area contributed by atoms with Gasteiger partial charge in [0.1, 0.15) is 0 Å². The van der Waals surface area contributed by atoms with Crippen molar-refractivity contribution in [3.63, 3.8) is 0 Å². The highest BCUT2D eigenvalue weighted by Gasteiger charge is 2.03. The second kappa shape index (κ2) is 9.11.